The fraction of sp³-hybridized carbons (Fsp3) is 0.192. The molecule has 7 nitrogen and oxygen atoms in total. The molecule has 9 heteroatoms. The van der Waals surface area contributed by atoms with Crippen molar-refractivity contribution in [2.75, 3.05) is 33.2 Å². The van der Waals surface area contributed by atoms with E-state index < -0.39 is 5.82 Å². The van der Waals surface area contributed by atoms with E-state index in [2.05, 4.69) is 15.6 Å². The monoisotopic (exact) mass is 497 g/mol. The molecule has 0 fully saturated rings. The van der Waals surface area contributed by atoms with Gasteiger partial charge in [0.2, 0.25) is 5.75 Å². The third kappa shape index (κ3) is 5.12. The number of fused-ring (bicyclic) bond motifs is 1. The molecule has 1 aromatic heterocycles. The Morgan fingerprint density at radius 1 is 1.03 bits per heavy atom. The second-order valence-corrected chi connectivity index (χ2v) is 8.12. The van der Waals surface area contributed by atoms with E-state index in [1.807, 2.05) is 24.4 Å². The molecule has 0 aliphatic rings. The minimum Gasteiger partial charge on any atom is -0.493 e. The number of H-pyrrole nitrogens is 1. The first-order chi connectivity index (χ1) is 16.9. The van der Waals surface area contributed by atoms with Crippen LogP contribution in [0, 0.1) is 5.82 Å². The molecule has 1 amide bonds. The van der Waals surface area contributed by atoms with Gasteiger partial charge in [0.15, 0.2) is 11.5 Å². The van der Waals surface area contributed by atoms with Gasteiger partial charge in [-0.2, -0.15) is 0 Å². The van der Waals surface area contributed by atoms with Gasteiger partial charge in [0.1, 0.15) is 5.82 Å². The van der Waals surface area contributed by atoms with E-state index in [0.717, 1.165) is 16.5 Å². The number of carbonyl (C=O) groups is 1. The third-order valence-corrected chi connectivity index (χ3v) is 5.92. The zero-order valence-corrected chi connectivity index (χ0v) is 20.3. The number of benzene rings is 3. The van der Waals surface area contributed by atoms with Crippen molar-refractivity contribution in [3.05, 3.63) is 76.7 Å². The molecule has 4 rings (SSSR count). The van der Waals surface area contributed by atoms with Crippen LogP contribution in [0.4, 0.5) is 15.8 Å². The number of nitrogens with one attached hydrogen (secondary N) is 3. The molecule has 0 aliphatic heterocycles. The highest BCUT2D eigenvalue weighted by atomic mass is 35.5. The van der Waals surface area contributed by atoms with Gasteiger partial charge in [-0.05, 0) is 36.2 Å². The predicted octanol–water partition coefficient (Wildman–Crippen LogP) is 5.70. The van der Waals surface area contributed by atoms with Crippen LogP contribution < -0.4 is 24.8 Å². The van der Waals surface area contributed by atoms with Crippen LogP contribution in [0.5, 0.6) is 17.2 Å². The Morgan fingerprint density at radius 3 is 2.46 bits per heavy atom. The molecule has 0 saturated carbocycles. The SMILES string of the molecule is COc1cc(Nc2cc(F)ccc2C(=O)NCCc2c[nH]c3c(Cl)cccc23)cc(OC)c1OC. The molecule has 0 unspecified atom stereocenters. The minimum atomic E-state index is -0.479. The van der Waals surface area contributed by atoms with Crippen LogP contribution >= 0.6 is 11.6 Å². The quantitative estimate of drug-likeness (QED) is 0.276. The van der Waals surface area contributed by atoms with Crippen molar-refractivity contribution < 1.29 is 23.4 Å². The van der Waals surface area contributed by atoms with E-state index in [1.165, 1.54) is 39.5 Å². The topological polar surface area (TPSA) is 84.6 Å². The number of para-hydroxylation sites is 1. The largest absolute Gasteiger partial charge is 0.493 e. The number of hydrogen-bond donors (Lipinski definition) is 3. The van der Waals surface area contributed by atoms with Crippen molar-refractivity contribution in [2.24, 2.45) is 0 Å². The van der Waals surface area contributed by atoms with Crippen molar-refractivity contribution in [1.29, 1.82) is 0 Å². The maximum atomic E-state index is 14.1. The molecule has 0 aliphatic carbocycles. The fourth-order valence-corrected chi connectivity index (χ4v) is 4.14. The van der Waals surface area contributed by atoms with Gasteiger partial charge in [-0.25, -0.2) is 4.39 Å². The second kappa shape index (κ2) is 10.6. The smallest absolute Gasteiger partial charge is 0.253 e. The molecule has 35 heavy (non-hydrogen) atoms. The van der Waals surface area contributed by atoms with Crippen LogP contribution in [0.15, 0.2) is 54.7 Å². The summed E-state index contributed by atoms with van der Waals surface area (Å²) in [6.07, 6.45) is 2.49. The van der Waals surface area contributed by atoms with Gasteiger partial charge >= 0.3 is 0 Å². The number of anilines is 2. The van der Waals surface area contributed by atoms with Gasteiger partial charge in [-0.1, -0.05) is 23.7 Å². The van der Waals surface area contributed by atoms with Crippen LogP contribution in [-0.4, -0.2) is 38.8 Å². The maximum absolute atomic E-state index is 14.1. The van der Waals surface area contributed by atoms with Crippen LogP contribution in [0.25, 0.3) is 10.9 Å². The fourth-order valence-electron chi connectivity index (χ4n) is 3.91. The number of amides is 1. The van der Waals surface area contributed by atoms with Gasteiger partial charge in [0.25, 0.3) is 5.91 Å². The molecule has 0 saturated heterocycles. The number of hydrogen-bond acceptors (Lipinski definition) is 5. The number of carbonyl (C=O) groups excluding carboxylic acids is 1. The van der Waals surface area contributed by atoms with E-state index >= 15 is 0 Å². The number of aromatic nitrogens is 1. The van der Waals surface area contributed by atoms with E-state index in [4.69, 9.17) is 25.8 Å². The summed E-state index contributed by atoms with van der Waals surface area (Å²) < 4.78 is 30.2. The standard InChI is InChI=1S/C26H25ClFN3O4/c1-33-22-12-17(13-23(34-2)25(22)35-3)31-21-11-16(28)7-8-19(21)26(32)29-10-9-15-14-30-24-18(15)5-4-6-20(24)27/h4-8,11-14,30-31H,9-10H2,1-3H3,(H,29,32). The predicted molar refractivity (Wildman–Crippen MR) is 135 cm³/mol. The van der Waals surface area contributed by atoms with E-state index in [0.29, 0.717) is 52.2 Å². The van der Waals surface area contributed by atoms with Crippen LogP contribution in [0.2, 0.25) is 5.02 Å². The van der Waals surface area contributed by atoms with Crippen molar-refractivity contribution >= 4 is 39.8 Å². The van der Waals surface area contributed by atoms with Crippen molar-refractivity contribution in [3.63, 3.8) is 0 Å². The lowest BCUT2D eigenvalue weighted by Crippen LogP contribution is -2.26. The van der Waals surface area contributed by atoms with Crippen molar-refractivity contribution in [3.8, 4) is 17.2 Å². The second-order valence-electron chi connectivity index (χ2n) is 7.71. The van der Waals surface area contributed by atoms with Crippen molar-refractivity contribution in [1.82, 2.24) is 10.3 Å². The molecule has 0 spiro atoms. The molecular formula is C26H25ClFN3O4. The average molecular weight is 498 g/mol. The Morgan fingerprint density at radius 2 is 1.77 bits per heavy atom. The normalized spacial score (nSPS) is 10.8. The molecule has 1 heterocycles. The number of halogens is 2. The molecular weight excluding hydrogens is 473 g/mol. The number of ether oxygens (including phenoxy) is 3. The first-order valence-corrected chi connectivity index (χ1v) is 11.2. The lowest BCUT2D eigenvalue weighted by molar-refractivity contribution is 0.0955. The highest BCUT2D eigenvalue weighted by Gasteiger charge is 2.17. The van der Waals surface area contributed by atoms with Gasteiger partial charge < -0.3 is 29.8 Å². The summed E-state index contributed by atoms with van der Waals surface area (Å²) in [5.74, 6) is 0.465. The van der Waals surface area contributed by atoms with Gasteiger partial charge in [0, 0.05) is 35.9 Å². The highest BCUT2D eigenvalue weighted by Crippen LogP contribution is 2.41. The number of aromatic amines is 1. The summed E-state index contributed by atoms with van der Waals surface area (Å²) in [6, 6.07) is 13.0. The van der Waals surface area contributed by atoms with Gasteiger partial charge in [0.05, 0.1) is 43.1 Å². The Kier molecular flexibility index (Phi) is 7.31. The zero-order chi connectivity index (χ0) is 24.9. The molecule has 0 atom stereocenters. The average Bonchev–Trinajstić information content (AvgIpc) is 3.27. The summed E-state index contributed by atoms with van der Waals surface area (Å²) >= 11 is 6.23. The third-order valence-electron chi connectivity index (χ3n) is 5.60. The highest BCUT2D eigenvalue weighted by molar-refractivity contribution is 6.35. The molecule has 0 radical (unpaired) electrons. The Hall–Kier alpha value is -3.91. The first kappa shape index (κ1) is 24.2. The van der Waals surface area contributed by atoms with Crippen LogP contribution in [-0.2, 0) is 6.42 Å². The molecule has 3 N–H and O–H groups in total. The summed E-state index contributed by atoms with van der Waals surface area (Å²) in [5.41, 5.74) is 3.04. The minimum absolute atomic E-state index is 0.294. The van der Waals surface area contributed by atoms with E-state index in [9.17, 15) is 9.18 Å². The van der Waals surface area contributed by atoms with E-state index in [-0.39, 0.29) is 5.91 Å². The lowest BCUT2D eigenvalue weighted by atomic mass is 10.1. The molecule has 0 bridgehead atoms. The summed E-state index contributed by atoms with van der Waals surface area (Å²) in [5, 5.41) is 7.66. The molecule has 4 aromatic rings. The summed E-state index contributed by atoms with van der Waals surface area (Å²) in [7, 11) is 4.51. The maximum Gasteiger partial charge on any atom is 0.253 e. The summed E-state index contributed by atoms with van der Waals surface area (Å²) in [4.78, 5) is 16.2. The van der Waals surface area contributed by atoms with Gasteiger partial charge in [-0.3, -0.25) is 4.79 Å². The number of methoxy groups -OCH3 is 3. The summed E-state index contributed by atoms with van der Waals surface area (Å²) in [6.45, 7) is 0.388. The van der Waals surface area contributed by atoms with Crippen molar-refractivity contribution in [2.45, 2.75) is 6.42 Å². The van der Waals surface area contributed by atoms with Crippen LogP contribution in [0.1, 0.15) is 15.9 Å². The first-order valence-electron chi connectivity index (χ1n) is 10.8. The van der Waals surface area contributed by atoms with Crippen LogP contribution in [0.3, 0.4) is 0 Å². The number of rotatable bonds is 9. The lowest BCUT2D eigenvalue weighted by Gasteiger charge is -2.17. The Balaban J connectivity index is 1.52. The van der Waals surface area contributed by atoms with E-state index in [1.54, 1.807) is 12.1 Å². The van der Waals surface area contributed by atoms with Gasteiger partial charge in [-0.15, -0.1) is 0 Å². The zero-order valence-electron chi connectivity index (χ0n) is 19.5. The molecule has 182 valence electrons. The Bertz CT molecular complexity index is 1350. The Labute approximate surface area is 207 Å². The molecule has 3 aromatic carbocycles.